The molecule has 0 aliphatic carbocycles. The van der Waals surface area contributed by atoms with Gasteiger partial charge in [0.25, 0.3) is 0 Å². The number of amides is 1. The first kappa shape index (κ1) is 21.5. The summed E-state index contributed by atoms with van der Waals surface area (Å²) in [5.74, 6) is 0.221. The number of imidazole rings is 1. The van der Waals surface area contributed by atoms with Gasteiger partial charge in [-0.2, -0.15) is 5.10 Å². The summed E-state index contributed by atoms with van der Waals surface area (Å²) in [6, 6.07) is 5.01. The number of aromatic nitrogens is 5. The second-order valence-electron chi connectivity index (χ2n) is 8.66. The molecule has 3 aromatic heterocycles. The lowest BCUT2D eigenvalue weighted by atomic mass is 9.98. The monoisotopic (exact) mass is 436 g/mol. The van der Waals surface area contributed by atoms with E-state index in [9.17, 15) is 9.18 Å². The molecule has 1 aromatic carbocycles. The minimum absolute atomic E-state index is 0.0290. The quantitative estimate of drug-likeness (QED) is 0.491. The number of halogens is 1. The van der Waals surface area contributed by atoms with Crippen LogP contribution in [-0.2, 0) is 18.3 Å². The van der Waals surface area contributed by atoms with Crippen LogP contribution in [0.15, 0.2) is 36.8 Å². The van der Waals surface area contributed by atoms with E-state index < -0.39 is 17.5 Å². The van der Waals surface area contributed by atoms with Gasteiger partial charge in [-0.05, 0) is 51.0 Å². The lowest BCUT2D eigenvalue weighted by molar-refractivity contribution is 0.0523. The van der Waals surface area contributed by atoms with Crippen LogP contribution in [0.2, 0.25) is 0 Å². The minimum atomic E-state index is -0.618. The third-order valence-corrected chi connectivity index (χ3v) is 4.87. The fourth-order valence-corrected chi connectivity index (χ4v) is 3.46. The molecule has 4 aromatic rings. The number of pyridine rings is 1. The minimum Gasteiger partial charge on any atom is -0.444 e. The first-order chi connectivity index (χ1) is 15.1. The number of carbonyl (C=O) groups is 1. The molecule has 8 nitrogen and oxygen atoms in total. The predicted molar refractivity (Wildman–Crippen MR) is 119 cm³/mol. The van der Waals surface area contributed by atoms with Crippen LogP contribution in [0.25, 0.3) is 33.7 Å². The summed E-state index contributed by atoms with van der Waals surface area (Å²) < 4.78 is 21.8. The van der Waals surface area contributed by atoms with E-state index in [1.165, 1.54) is 6.07 Å². The normalized spacial score (nSPS) is 11.7. The molecule has 0 spiro atoms. The molecule has 4 rings (SSSR count). The maximum absolute atomic E-state index is 14.9. The van der Waals surface area contributed by atoms with E-state index in [2.05, 4.69) is 20.4 Å². The number of alkyl carbamates (subject to hydrolysis) is 1. The third kappa shape index (κ3) is 4.46. The number of hydrogen-bond donors (Lipinski definition) is 2. The number of benzene rings is 1. The number of fused-ring (bicyclic) bond motifs is 1. The summed E-state index contributed by atoms with van der Waals surface area (Å²) in [5.41, 5.74) is 4.18. The van der Waals surface area contributed by atoms with Crippen LogP contribution in [0, 0.1) is 12.7 Å². The van der Waals surface area contributed by atoms with E-state index in [0.717, 1.165) is 16.7 Å². The second-order valence-corrected chi connectivity index (χ2v) is 8.66. The van der Waals surface area contributed by atoms with Crippen molar-refractivity contribution in [2.45, 2.75) is 39.8 Å². The van der Waals surface area contributed by atoms with Crippen molar-refractivity contribution in [3.63, 3.8) is 0 Å². The van der Waals surface area contributed by atoms with Crippen molar-refractivity contribution in [3.05, 3.63) is 53.7 Å². The molecular weight excluding hydrogens is 411 g/mol. The number of nitrogens with zero attached hydrogens (tertiary/aromatic N) is 4. The van der Waals surface area contributed by atoms with Gasteiger partial charge in [0, 0.05) is 37.1 Å². The van der Waals surface area contributed by atoms with Crippen LogP contribution in [-0.4, -0.2) is 36.4 Å². The van der Waals surface area contributed by atoms with E-state index in [0.29, 0.717) is 28.1 Å². The first-order valence-electron chi connectivity index (χ1n) is 10.2. The summed E-state index contributed by atoms with van der Waals surface area (Å²) >= 11 is 0. The standard InChI is InChI=1S/C23H25FN6O2/c1-13-8-14(10-26-22(31)32-23(2,3)4)18(24)9-17(13)16-6-7-25-21-19(16)28-20(29-21)15-11-27-30(5)12-15/h6-9,11-12H,10H2,1-5H3,(H,26,31)(H,25,28,29). The van der Waals surface area contributed by atoms with Gasteiger partial charge < -0.3 is 15.0 Å². The van der Waals surface area contributed by atoms with Crippen LogP contribution in [0.1, 0.15) is 31.9 Å². The number of H-pyrrole nitrogens is 1. The Kier molecular flexibility index (Phi) is 5.41. The number of nitrogens with one attached hydrogen (secondary N) is 2. The van der Waals surface area contributed by atoms with Crippen molar-refractivity contribution in [1.29, 1.82) is 0 Å². The SMILES string of the molecule is Cc1cc(CNC(=O)OC(C)(C)C)c(F)cc1-c1ccnc2[nH]c(-c3cnn(C)c3)nc12. The van der Waals surface area contributed by atoms with Crippen molar-refractivity contribution in [2.24, 2.45) is 7.05 Å². The van der Waals surface area contributed by atoms with E-state index in [-0.39, 0.29) is 6.54 Å². The Balaban J connectivity index is 1.65. The summed E-state index contributed by atoms with van der Waals surface area (Å²) in [4.78, 5) is 24.2. The number of carbonyl (C=O) groups excluding carboxylic acids is 1. The summed E-state index contributed by atoms with van der Waals surface area (Å²) in [6.45, 7) is 7.25. The molecule has 166 valence electrons. The van der Waals surface area contributed by atoms with E-state index in [4.69, 9.17) is 9.72 Å². The molecule has 0 unspecified atom stereocenters. The summed E-state index contributed by atoms with van der Waals surface area (Å²) in [6.07, 6.45) is 4.65. The third-order valence-electron chi connectivity index (χ3n) is 4.87. The summed E-state index contributed by atoms with van der Waals surface area (Å²) in [5, 5.41) is 6.78. The van der Waals surface area contributed by atoms with Crippen LogP contribution in [0.4, 0.5) is 9.18 Å². The van der Waals surface area contributed by atoms with Gasteiger partial charge in [-0.25, -0.2) is 19.2 Å². The fourth-order valence-electron chi connectivity index (χ4n) is 3.46. The predicted octanol–water partition coefficient (Wildman–Crippen LogP) is 4.50. The highest BCUT2D eigenvalue weighted by Gasteiger charge is 2.18. The number of hydrogen-bond acceptors (Lipinski definition) is 5. The van der Waals surface area contributed by atoms with Gasteiger partial charge in [0.2, 0.25) is 0 Å². The van der Waals surface area contributed by atoms with Crippen molar-refractivity contribution >= 4 is 17.3 Å². The highest BCUT2D eigenvalue weighted by molar-refractivity contribution is 5.92. The molecular formula is C23H25FN6O2. The van der Waals surface area contributed by atoms with E-state index in [1.54, 1.807) is 43.9 Å². The molecule has 0 fully saturated rings. The zero-order valence-electron chi connectivity index (χ0n) is 18.7. The maximum Gasteiger partial charge on any atom is 0.407 e. The smallest absolute Gasteiger partial charge is 0.407 e. The molecule has 0 aliphatic rings. The van der Waals surface area contributed by atoms with Crippen molar-refractivity contribution in [1.82, 2.24) is 30.0 Å². The van der Waals surface area contributed by atoms with Crippen LogP contribution < -0.4 is 5.32 Å². The molecule has 0 saturated heterocycles. The zero-order chi connectivity index (χ0) is 23.0. The average Bonchev–Trinajstić information content (AvgIpc) is 3.33. The molecule has 32 heavy (non-hydrogen) atoms. The van der Waals surface area contributed by atoms with Crippen LogP contribution in [0.3, 0.4) is 0 Å². The van der Waals surface area contributed by atoms with Crippen molar-refractivity contribution in [2.75, 3.05) is 0 Å². The van der Waals surface area contributed by atoms with Crippen molar-refractivity contribution in [3.8, 4) is 22.5 Å². The molecule has 1 amide bonds. The van der Waals surface area contributed by atoms with Gasteiger partial charge in [0.1, 0.15) is 22.8 Å². The van der Waals surface area contributed by atoms with Crippen LogP contribution in [0.5, 0.6) is 0 Å². The average molecular weight is 436 g/mol. The maximum atomic E-state index is 14.9. The van der Waals surface area contributed by atoms with Gasteiger partial charge in [-0.1, -0.05) is 6.07 Å². The lowest BCUT2D eigenvalue weighted by Crippen LogP contribution is -2.32. The Bertz CT molecular complexity index is 1300. The Labute approximate surface area is 184 Å². The second kappa shape index (κ2) is 8.07. The topological polar surface area (TPSA) is 97.7 Å². The van der Waals surface area contributed by atoms with E-state index >= 15 is 0 Å². The molecule has 0 atom stereocenters. The van der Waals surface area contributed by atoms with Crippen molar-refractivity contribution < 1.29 is 13.9 Å². The van der Waals surface area contributed by atoms with Gasteiger partial charge in [0.15, 0.2) is 5.65 Å². The molecule has 0 saturated carbocycles. The molecule has 3 heterocycles. The Morgan fingerprint density at radius 2 is 2.06 bits per heavy atom. The van der Waals surface area contributed by atoms with Gasteiger partial charge in [0.05, 0.1) is 11.8 Å². The molecule has 9 heteroatoms. The number of aryl methyl sites for hydroxylation is 2. The number of ether oxygens (including phenoxy) is 1. The number of aromatic amines is 1. The lowest BCUT2D eigenvalue weighted by Gasteiger charge is -2.20. The Hall–Kier alpha value is -3.75. The highest BCUT2D eigenvalue weighted by atomic mass is 19.1. The Morgan fingerprint density at radius 3 is 2.75 bits per heavy atom. The van der Waals surface area contributed by atoms with Crippen LogP contribution >= 0.6 is 0 Å². The van der Waals surface area contributed by atoms with Gasteiger partial charge in [-0.3, -0.25) is 4.68 Å². The van der Waals surface area contributed by atoms with Gasteiger partial charge in [-0.15, -0.1) is 0 Å². The number of rotatable bonds is 4. The largest absolute Gasteiger partial charge is 0.444 e. The molecule has 0 radical (unpaired) electrons. The summed E-state index contributed by atoms with van der Waals surface area (Å²) in [7, 11) is 1.83. The Morgan fingerprint density at radius 1 is 1.28 bits per heavy atom. The molecule has 2 N–H and O–H groups in total. The zero-order valence-corrected chi connectivity index (χ0v) is 18.7. The fraction of sp³-hybridized carbons (Fsp3) is 0.304. The highest BCUT2D eigenvalue weighted by Crippen LogP contribution is 2.32. The first-order valence-corrected chi connectivity index (χ1v) is 10.2. The van der Waals surface area contributed by atoms with Gasteiger partial charge >= 0.3 is 6.09 Å². The molecule has 0 bridgehead atoms. The van der Waals surface area contributed by atoms with E-state index in [1.807, 2.05) is 26.2 Å². The molecule has 0 aliphatic heterocycles.